The van der Waals surface area contributed by atoms with Crippen molar-refractivity contribution in [3.05, 3.63) is 35.9 Å². The molecule has 0 radical (unpaired) electrons. The maximum atomic E-state index is 12.8. The number of benzene rings is 1. The van der Waals surface area contributed by atoms with Gasteiger partial charge in [-0.2, -0.15) is 0 Å². The van der Waals surface area contributed by atoms with Crippen LogP contribution >= 0.6 is 0 Å². The summed E-state index contributed by atoms with van der Waals surface area (Å²) >= 11 is 0. The lowest BCUT2D eigenvalue weighted by Gasteiger charge is -2.39. The molecule has 1 aliphatic heterocycles. The molecule has 1 heterocycles. The monoisotopic (exact) mass is 349 g/mol. The molecule has 140 valence electrons. The highest BCUT2D eigenvalue weighted by atomic mass is 16.6. The molecule has 1 aromatic carbocycles. The first-order valence-electron chi connectivity index (χ1n) is 8.77. The van der Waals surface area contributed by atoms with E-state index in [1.54, 1.807) is 4.90 Å². The minimum Gasteiger partial charge on any atom is -0.444 e. The lowest BCUT2D eigenvalue weighted by molar-refractivity contribution is -0.0313. The van der Waals surface area contributed by atoms with Gasteiger partial charge < -0.3 is 14.2 Å². The molecule has 1 unspecified atom stereocenters. The Balaban J connectivity index is 2.08. The Kier molecular flexibility index (Phi) is 5.79. The normalized spacial score (nSPS) is 20.2. The predicted octanol–water partition coefficient (Wildman–Crippen LogP) is 4.01. The van der Waals surface area contributed by atoms with E-state index in [0.717, 1.165) is 12.2 Å². The molecule has 0 bridgehead atoms. The zero-order valence-corrected chi connectivity index (χ0v) is 16.3. The highest BCUT2D eigenvalue weighted by Gasteiger charge is 2.41. The zero-order chi connectivity index (χ0) is 18.7. The topological polar surface area (TPSA) is 51.3 Å². The van der Waals surface area contributed by atoms with Crippen molar-refractivity contribution in [1.82, 2.24) is 4.90 Å². The van der Waals surface area contributed by atoms with Gasteiger partial charge in [0.2, 0.25) is 0 Å². The van der Waals surface area contributed by atoms with E-state index in [1.807, 2.05) is 71.9 Å². The third-order valence-electron chi connectivity index (χ3n) is 4.03. The van der Waals surface area contributed by atoms with Crippen LogP contribution in [0.4, 0.5) is 4.79 Å². The van der Waals surface area contributed by atoms with Gasteiger partial charge in [0.1, 0.15) is 11.2 Å². The van der Waals surface area contributed by atoms with E-state index >= 15 is 0 Å². The summed E-state index contributed by atoms with van der Waals surface area (Å²) in [5, 5.41) is 0. The van der Waals surface area contributed by atoms with Crippen molar-refractivity contribution in [2.75, 3.05) is 19.8 Å². The smallest absolute Gasteiger partial charge is 0.411 e. The Morgan fingerprint density at radius 1 is 1.20 bits per heavy atom. The van der Waals surface area contributed by atoms with Crippen LogP contribution in [0.3, 0.4) is 0 Å². The Morgan fingerprint density at radius 3 is 2.32 bits per heavy atom. The molecule has 1 saturated heterocycles. The van der Waals surface area contributed by atoms with Crippen molar-refractivity contribution in [2.24, 2.45) is 0 Å². The molecule has 0 aliphatic carbocycles. The van der Waals surface area contributed by atoms with Gasteiger partial charge in [0, 0.05) is 6.54 Å². The second-order valence-electron chi connectivity index (χ2n) is 8.60. The van der Waals surface area contributed by atoms with Gasteiger partial charge in [-0.25, -0.2) is 4.79 Å². The van der Waals surface area contributed by atoms with Gasteiger partial charge in [0.05, 0.1) is 25.4 Å². The quantitative estimate of drug-likeness (QED) is 0.698. The average molecular weight is 349 g/mol. The summed E-state index contributed by atoms with van der Waals surface area (Å²) in [6.45, 7) is 13.8. The van der Waals surface area contributed by atoms with Crippen LogP contribution in [0.25, 0.3) is 0 Å². The standard InChI is InChI=1S/C20H31NO4/c1-18(2,3)25-17(22)21(12-16-10-8-7-9-11-16)19(4,5)13-23-14-20(6)15-24-20/h7-11H,12-15H2,1-6H3. The highest BCUT2D eigenvalue weighted by molar-refractivity contribution is 5.69. The van der Waals surface area contributed by atoms with Crippen molar-refractivity contribution in [3.63, 3.8) is 0 Å². The van der Waals surface area contributed by atoms with E-state index in [2.05, 4.69) is 0 Å². The number of rotatable bonds is 7. The van der Waals surface area contributed by atoms with Crippen LogP contribution in [-0.2, 0) is 20.8 Å². The fourth-order valence-corrected chi connectivity index (χ4v) is 2.41. The highest BCUT2D eigenvalue weighted by Crippen LogP contribution is 2.27. The summed E-state index contributed by atoms with van der Waals surface area (Å²) in [7, 11) is 0. The lowest BCUT2D eigenvalue weighted by Crippen LogP contribution is -2.52. The van der Waals surface area contributed by atoms with E-state index in [9.17, 15) is 4.79 Å². The Bertz CT molecular complexity index is 573. The molecule has 1 amide bonds. The van der Waals surface area contributed by atoms with Gasteiger partial charge in [0.25, 0.3) is 0 Å². The molecule has 5 nitrogen and oxygen atoms in total. The van der Waals surface area contributed by atoms with E-state index in [1.165, 1.54) is 0 Å². The van der Waals surface area contributed by atoms with Crippen molar-refractivity contribution in [1.29, 1.82) is 0 Å². The number of ether oxygens (including phenoxy) is 3. The Hall–Kier alpha value is -1.59. The first kappa shape index (κ1) is 19.7. The van der Waals surface area contributed by atoms with Gasteiger partial charge in [-0.3, -0.25) is 4.90 Å². The van der Waals surface area contributed by atoms with Gasteiger partial charge in [-0.1, -0.05) is 30.3 Å². The SMILES string of the molecule is CC(C)(C)OC(=O)N(Cc1ccccc1)C(C)(C)COCC1(C)CO1. The molecular formula is C20H31NO4. The summed E-state index contributed by atoms with van der Waals surface area (Å²) in [4.78, 5) is 14.5. The van der Waals surface area contributed by atoms with Crippen LogP contribution in [-0.4, -0.2) is 47.6 Å². The van der Waals surface area contributed by atoms with Crippen molar-refractivity contribution < 1.29 is 19.0 Å². The molecule has 0 aromatic heterocycles. The van der Waals surface area contributed by atoms with Crippen molar-refractivity contribution in [3.8, 4) is 0 Å². The minimum atomic E-state index is -0.543. The van der Waals surface area contributed by atoms with Gasteiger partial charge in [-0.15, -0.1) is 0 Å². The van der Waals surface area contributed by atoms with E-state index < -0.39 is 11.1 Å². The first-order valence-corrected chi connectivity index (χ1v) is 8.77. The molecule has 5 heteroatoms. The van der Waals surface area contributed by atoms with Gasteiger partial charge in [0.15, 0.2) is 0 Å². The van der Waals surface area contributed by atoms with Crippen LogP contribution in [0, 0.1) is 0 Å². The Morgan fingerprint density at radius 2 is 1.80 bits per heavy atom. The zero-order valence-electron chi connectivity index (χ0n) is 16.3. The molecule has 0 spiro atoms. The molecule has 0 N–H and O–H groups in total. The van der Waals surface area contributed by atoms with Crippen LogP contribution in [0.15, 0.2) is 30.3 Å². The Labute approximate surface area is 151 Å². The summed E-state index contributed by atoms with van der Waals surface area (Å²) in [5.74, 6) is 0. The molecule has 1 aliphatic rings. The maximum Gasteiger partial charge on any atom is 0.411 e. The molecule has 1 aromatic rings. The van der Waals surface area contributed by atoms with Gasteiger partial charge >= 0.3 is 6.09 Å². The fourth-order valence-electron chi connectivity index (χ4n) is 2.41. The second-order valence-corrected chi connectivity index (χ2v) is 8.60. The third kappa shape index (κ3) is 6.33. The fraction of sp³-hybridized carbons (Fsp3) is 0.650. The van der Waals surface area contributed by atoms with Crippen LogP contribution in [0.1, 0.15) is 47.1 Å². The minimum absolute atomic E-state index is 0.160. The van der Waals surface area contributed by atoms with Gasteiger partial charge in [-0.05, 0) is 47.1 Å². The summed E-state index contributed by atoms with van der Waals surface area (Å²) in [6, 6.07) is 9.92. The lowest BCUT2D eigenvalue weighted by atomic mass is 10.0. The predicted molar refractivity (Wildman–Crippen MR) is 97.5 cm³/mol. The number of epoxide rings is 1. The van der Waals surface area contributed by atoms with Crippen molar-refractivity contribution >= 4 is 6.09 Å². The summed E-state index contributed by atoms with van der Waals surface area (Å²) in [6.07, 6.45) is -0.334. The van der Waals surface area contributed by atoms with E-state index in [4.69, 9.17) is 14.2 Å². The van der Waals surface area contributed by atoms with Crippen molar-refractivity contribution in [2.45, 2.75) is 64.8 Å². The molecule has 1 fully saturated rings. The number of hydrogen-bond donors (Lipinski definition) is 0. The van der Waals surface area contributed by atoms with E-state index in [0.29, 0.717) is 19.8 Å². The number of hydrogen-bond acceptors (Lipinski definition) is 4. The molecular weight excluding hydrogens is 318 g/mol. The van der Waals surface area contributed by atoms with Crippen LogP contribution in [0.2, 0.25) is 0 Å². The number of carbonyl (C=O) groups is 1. The third-order valence-corrected chi connectivity index (χ3v) is 4.03. The summed E-state index contributed by atoms with van der Waals surface area (Å²) < 4.78 is 16.8. The maximum absolute atomic E-state index is 12.8. The number of nitrogens with zero attached hydrogens (tertiary/aromatic N) is 1. The second kappa shape index (κ2) is 7.34. The van der Waals surface area contributed by atoms with Crippen LogP contribution in [0.5, 0.6) is 0 Å². The van der Waals surface area contributed by atoms with E-state index in [-0.39, 0.29) is 11.7 Å². The van der Waals surface area contributed by atoms with Crippen LogP contribution < -0.4 is 0 Å². The largest absolute Gasteiger partial charge is 0.444 e. The molecule has 2 rings (SSSR count). The molecule has 0 saturated carbocycles. The number of amides is 1. The first-order chi connectivity index (χ1) is 11.5. The average Bonchev–Trinajstić information content (AvgIpc) is 3.21. The number of carbonyl (C=O) groups excluding carboxylic acids is 1. The summed E-state index contributed by atoms with van der Waals surface area (Å²) in [5.41, 5.74) is -0.160. The molecule has 1 atom stereocenters. The molecule has 25 heavy (non-hydrogen) atoms.